The second-order valence-electron chi connectivity index (χ2n) is 5.50. The van der Waals surface area contributed by atoms with E-state index in [1.165, 1.54) is 36.5 Å². The number of carbonyl (C=O) groups excluding carboxylic acids is 1. The minimum atomic E-state index is -4.56. The average molecular weight is 427 g/mol. The highest BCUT2D eigenvalue weighted by Gasteiger charge is 2.30. The van der Waals surface area contributed by atoms with Gasteiger partial charge in [0.25, 0.3) is 15.9 Å². The Morgan fingerprint density at radius 1 is 1.07 bits per heavy atom. The fourth-order valence-electron chi connectivity index (χ4n) is 2.21. The van der Waals surface area contributed by atoms with Crippen molar-refractivity contribution in [1.29, 1.82) is 0 Å². The van der Waals surface area contributed by atoms with Crippen LogP contribution in [0.15, 0.2) is 65.0 Å². The number of carbonyl (C=O) groups is 1. The quantitative estimate of drug-likeness (QED) is 0.638. The molecule has 0 saturated heterocycles. The number of hydrogen-bond acceptors (Lipinski definition) is 5. The highest BCUT2D eigenvalue weighted by molar-refractivity contribution is 7.93. The molecule has 2 aromatic carbocycles. The lowest BCUT2D eigenvalue weighted by molar-refractivity contribution is -0.137. The maximum absolute atomic E-state index is 12.8. The first-order valence-electron chi connectivity index (χ1n) is 7.66. The largest absolute Gasteiger partial charge is 0.416 e. The van der Waals surface area contributed by atoms with Crippen molar-refractivity contribution in [2.24, 2.45) is 0 Å². The predicted octanol–water partition coefficient (Wildman–Crippen LogP) is 4.22. The zero-order valence-electron chi connectivity index (χ0n) is 13.9. The number of rotatable bonds is 5. The van der Waals surface area contributed by atoms with Crippen molar-refractivity contribution < 1.29 is 26.4 Å². The molecule has 0 atom stereocenters. The number of hydrogen-bond donors (Lipinski definition) is 2. The van der Waals surface area contributed by atoms with Crippen molar-refractivity contribution >= 4 is 38.1 Å². The summed E-state index contributed by atoms with van der Waals surface area (Å²) in [6.45, 7) is 0. The number of alkyl halides is 3. The van der Waals surface area contributed by atoms with E-state index in [2.05, 4.69) is 15.0 Å². The molecule has 0 aliphatic heterocycles. The van der Waals surface area contributed by atoms with Crippen LogP contribution in [0.5, 0.6) is 0 Å². The molecule has 0 aliphatic rings. The van der Waals surface area contributed by atoms with Crippen LogP contribution in [0.25, 0.3) is 0 Å². The third-order valence-corrected chi connectivity index (χ3v) is 5.70. The molecule has 3 aromatic rings. The molecular formula is C17H12F3N3O3S2. The first-order chi connectivity index (χ1) is 13.1. The van der Waals surface area contributed by atoms with Crippen LogP contribution < -0.4 is 10.0 Å². The summed E-state index contributed by atoms with van der Waals surface area (Å²) in [5.74, 6) is -0.748. The molecule has 1 heterocycles. The second kappa shape index (κ2) is 7.60. The van der Waals surface area contributed by atoms with E-state index in [9.17, 15) is 26.4 Å². The Kier molecular flexibility index (Phi) is 5.38. The number of amides is 1. The van der Waals surface area contributed by atoms with Crippen LogP contribution in [-0.4, -0.2) is 19.3 Å². The van der Waals surface area contributed by atoms with Crippen LogP contribution in [0, 0.1) is 0 Å². The molecule has 11 heteroatoms. The molecule has 146 valence electrons. The van der Waals surface area contributed by atoms with Gasteiger partial charge >= 0.3 is 6.18 Å². The van der Waals surface area contributed by atoms with Gasteiger partial charge in [-0.05, 0) is 42.5 Å². The van der Waals surface area contributed by atoms with E-state index in [0.29, 0.717) is 0 Å². The molecule has 0 radical (unpaired) electrons. The van der Waals surface area contributed by atoms with Crippen molar-refractivity contribution in [2.75, 3.05) is 10.0 Å². The Balaban J connectivity index is 1.73. The van der Waals surface area contributed by atoms with E-state index in [1.807, 2.05) is 0 Å². The molecule has 0 fully saturated rings. The summed E-state index contributed by atoms with van der Waals surface area (Å²) in [7, 11) is -3.84. The molecule has 2 N–H and O–H groups in total. The third kappa shape index (κ3) is 4.67. The molecular weight excluding hydrogens is 415 g/mol. The van der Waals surface area contributed by atoms with Gasteiger partial charge in [0, 0.05) is 22.8 Å². The van der Waals surface area contributed by atoms with Crippen LogP contribution in [0.1, 0.15) is 15.9 Å². The molecule has 1 aromatic heterocycles. The Bertz CT molecular complexity index is 1080. The van der Waals surface area contributed by atoms with Crippen LogP contribution in [-0.2, 0) is 16.2 Å². The van der Waals surface area contributed by atoms with E-state index in [4.69, 9.17) is 0 Å². The second-order valence-corrected chi connectivity index (χ2v) is 8.08. The number of sulfonamides is 1. The van der Waals surface area contributed by atoms with Crippen molar-refractivity contribution in [3.05, 3.63) is 71.2 Å². The van der Waals surface area contributed by atoms with Gasteiger partial charge in [0.1, 0.15) is 0 Å². The molecule has 1 amide bonds. The van der Waals surface area contributed by atoms with Gasteiger partial charge in [-0.3, -0.25) is 9.52 Å². The number of benzene rings is 2. The smallest absolute Gasteiger partial charge is 0.322 e. The van der Waals surface area contributed by atoms with Crippen LogP contribution in [0.2, 0.25) is 0 Å². The Morgan fingerprint density at radius 3 is 2.39 bits per heavy atom. The zero-order chi connectivity index (χ0) is 20.4. The molecule has 0 unspecified atom stereocenters. The predicted molar refractivity (Wildman–Crippen MR) is 98.8 cm³/mol. The highest BCUT2D eigenvalue weighted by Crippen LogP contribution is 2.29. The summed E-state index contributed by atoms with van der Waals surface area (Å²) >= 11 is 1.12. The molecule has 0 saturated carbocycles. The lowest BCUT2D eigenvalue weighted by atomic mass is 10.1. The maximum atomic E-state index is 12.8. The Labute approximate surface area is 162 Å². The summed E-state index contributed by atoms with van der Waals surface area (Å²) in [5.41, 5.74) is -0.873. The summed E-state index contributed by atoms with van der Waals surface area (Å²) in [4.78, 5) is 15.9. The molecule has 0 aliphatic carbocycles. The maximum Gasteiger partial charge on any atom is 0.416 e. The number of nitrogens with one attached hydrogen (secondary N) is 2. The summed E-state index contributed by atoms with van der Waals surface area (Å²) in [6.07, 6.45) is -3.11. The monoisotopic (exact) mass is 427 g/mol. The zero-order valence-corrected chi connectivity index (χ0v) is 15.5. The Morgan fingerprint density at radius 2 is 1.79 bits per heavy atom. The molecule has 0 spiro atoms. The third-order valence-electron chi connectivity index (χ3n) is 3.53. The van der Waals surface area contributed by atoms with Gasteiger partial charge in [-0.25, -0.2) is 13.4 Å². The van der Waals surface area contributed by atoms with E-state index in [0.717, 1.165) is 29.5 Å². The number of thiazole rings is 1. The van der Waals surface area contributed by atoms with Crippen molar-refractivity contribution in [2.45, 2.75) is 11.1 Å². The summed E-state index contributed by atoms with van der Waals surface area (Å²) < 4.78 is 65.1. The lowest BCUT2D eigenvalue weighted by Crippen LogP contribution is -2.15. The lowest BCUT2D eigenvalue weighted by Gasteiger charge is -2.10. The van der Waals surface area contributed by atoms with Gasteiger partial charge in [0.05, 0.1) is 10.5 Å². The first-order valence-corrected chi connectivity index (χ1v) is 10.0. The normalized spacial score (nSPS) is 11.8. The molecule has 0 bridgehead atoms. The van der Waals surface area contributed by atoms with Crippen molar-refractivity contribution in [1.82, 2.24) is 4.98 Å². The fourth-order valence-corrected chi connectivity index (χ4v) is 3.99. The molecule has 28 heavy (non-hydrogen) atoms. The number of nitrogens with zero attached hydrogens (tertiary/aromatic N) is 1. The number of anilines is 2. The minimum absolute atomic E-state index is 0.0558. The summed E-state index contributed by atoms with van der Waals surface area (Å²) in [6, 6.07) is 9.19. The topological polar surface area (TPSA) is 88.2 Å². The minimum Gasteiger partial charge on any atom is -0.322 e. The van der Waals surface area contributed by atoms with Crippen molar-refractivity contribution in [3.63, 3.8) is 0 Å². The van der Waals surface area contributed by atoms with Crippen LogP contribution >= 0.6 is 11.3 Å². The van der Waals surface area contributed by atoms with E-state index < -0.39 is 27.7 Å². The first kappa shape index (κ1) is 19.8. The standard InChI is InChI=1S/C17H12F3N3O3S2/c18-17(19,20)12-3-1-2-11(10-12)15(24)22-13-4-6-14(7-5-13)28(25,26)23-16-21-8-9-27-16/h1-10H,(H,21,23)(H,22,24). The van der Waals surface area contributed by atoms with Gasteiger partial charge in [-0.2, -0.15) is 13.2 Å². The van der Waals surface area contributed by atoms with Gasteiger partial charge in [-0.1, -0.05) is 6.07 Å². The van der Waals surface area contributed by atoms with Gasteiger partial charge in [0.2, 0.25) is 0 Å². The van der Waals surface area contributed by atoms with E-state index in [-0.39, 0.29) is 21.3 Å². The number of halogens is 3. The highest BCUT2D eigenvalue weighted by atomic mass is 32.2. The summed E-state index contributed by atoms with van der Waals surface area (Å²) in [5, 5.41) is 4.25. The van der Waals surface area contributed by atoms with E-state index in [1.54, 1.807) is 5.38 Å². The average Bonchev–Trinajstić information content (AvgIpc) is 3.14. The van der Waals surface area contributed by atoms with Gasteiger partial charge in [0.15, 0.2) is 5.13 Å². The van der Waals surface area contributed by atoms with Crippen LogP contribution in [0.3, 0.4) is 0 Å². The number of aromatic nitrogens is 1. The van der Waals surface area contributed by atoms with Gasteiger partial charge in [-0.15, -0.1) is 11.3 Å². The molecule has 6 nitrogen and oxygen atoms in total. The molecule has 3 rings (SSSR count). The fraction of sp³-hybridized carbons (Fsp3) is 0.0588. The van der Waals surface area contributed by atoms with Crippen molar-refractivity contribution in [3.8, 4) is 0 Å². The van der Waals surface area contributed by atoms with Gasteiger partial charge < -0.3 is 5.32 Å². The van der Waals surface area contributed by atoms with Crippen LogP contribution in [0.4, 0.5) is 24.0 Å². The SMILES string of the molecule is O=C(Nc1ccc(S(=O)(=O)Nc2nccs2)cc1)c1cccc(C(F)(F)F)c1. The van der Waals surface area contributed by atoms with E-state index >= 15 is 0 Å². The Hall–Kier alpha value is -2.92.